The number of aromatic nitrogens is 1. The van der Waals surface area contributed by atoms with Crippen LogP contribution >= 0.6 is 15.9 Å². The number of hydrogen-bond acceptors (Lipinski definition) is 3. The van der Waals surface area contributed by atoms with E-state index in [4.69, 9.17) is 4.74 Å². The van der Waals surface area contributed by atoms with Crippen LogP contribution in [0.2, 0.25) is 0 Å². The molecule has 0 fully saturated rings. The number of pyridine rings is 1. The van der Waals surface area contributed by atoms with Crippen LogP contribution in [-0.4, -0.2) is 17.5 Å². The van der Waals surface area contributed by atoms with Crippen LogP contribution in [0.1, 0.15) is 11.1 Å². The van der Waals surface area contributed by atoms with Crippen LogP contribution in [0.4, 0.5) is 5.82 Å². The predicted octanol–water partition coefficient (Wildman–Crippen LogP) is 3.08. The van der Waals surface area contributed by atoms with Gasteiger partial charge in [-0.1, -0.05) is 29.8 Å². The zero-order valence-electron chi connectivity index (χ0n) is 11.0. The van der Waals surface area contributed by atoms with Crippen molar-refractivity contribution < 1.29 is 9.53 Å². The lowest BCUT2D eigenvalue weighted by Gasteiger charge is -2.28. The summed E-state index contributed by atoms with van der Waals surface area (Å²) in [6.07, 6.45) is 1.67. The van der Waals surface area contributed by atoms with Crippen LogP contribution in [0.15, 0.2) is 41.0 Å². The first-order chi connectivity index (χ1) is 9.63. The van der Waals surface area contributed by atoms with Gasteiger partial charge >= 0.3 is 0 Å². The quantitative estimate of drug-likeness (QED) is 0.848. The highest BCUT2D eigenvalue weighted by Crippen LogP contribution is 2.32. The van der Waals surface area contributed by atoms with Crippen molar-refractivity contribution in [3.63, 3.8) is 0 Å². The Balaban J connectivity index is 1.93. The Labute approximate surface area is 125 Å². The summed E-state index contributed by atoms with van der Waals surface area (Å²) in [7, 11) is 0. The molecule has 2 aromatic rings. The molecule has 0 saturated heterocycles. The summed E-state index contributed by atoms with van der Waals surface area (Å²) in [5.74, 6) is 1.13. The van der Waals surface area contributed by atoms with Crippen LogP contribution in [0.3, 0.4) is 0 Å². The van der Waals surface area contributed by atoms with Crippen LogP contribution < -0.4 is 9.64 Å². The maximum absolute atomic E-state index is 12.1. The molecule has 1 aliphatic rings. The summed E-state index contributed by atoms with van der Waals surface area (Å²) in [5.41, 5.74) is 2.27. The van der Waals surface area contributed by atoms with Gasteiger partial charge in [0.05, 0.1) is 6.54 Å². The lowest BCUT2D eigenvalue weighted by atomic mass is 10.1. The molecule has 0 spiro atoms. The van der Waals surface area contributed by atoms with Gasteiger partial charge in [-0.05, 0) is 34.5 Å². The third kappa shape index (κ3) is 2.54. The average Bonchev–Trinajstić information content (AvgIpc) is 2.44. The van der Waals surface area contributed by atoms with Crippen LogP contribution in [0, 0.1) is 6.92 Å². The SMILES string of the molecule is Cc1ccc(CN2C(=O)COc3cc(Br)cnc32)cc1. The summed E-state index contributed by atoms with van der Waals surface area (Å²) in [6, 6.07) is 9.95. The van der Waals surface area contributed by atoms with Gasteiger partial charge in [-0.25, -0.2) is 4.98 Å². The molecular weight excluding hydrogens is 320 g/mol. The number of amides is 1. The Morgan fingerprint density at radius 2 is 2.10 bits per heavy atom. The van der Waals surface area contributed by atoms with E-state index in [1.165, 1.54) is 5.56 Å². The molecular formula is C15H13BrN2O2. The van der Waals surface area contributed by atoms with Gasteiger partial charge < -0.3 is 4.74 Å². The molecule has 4 nitrogen and oxygen atoms in total. The first-order valence-electron chi connectivity index (χ1n) is 6.28. The summed E-state index contributed by atoms with van der Waals surface area (Å²) in [4.78, 5) is 18.0. The van der Waals surface area contributed by atoms with E-state index in [2.05, 4.69) is 20.9 Å². The molecule has 0 saturated carbocycles. The normalized spacial score (nSPS) is 13.9. The van der Waals surface area contributed by atoms with E-state index in [1.54, 1.807) is 11.1 Å². The first kappa shape index (κ1) is 13.1. The smallest absolute Gasteiger partial charge is 0.266 e. The van der Waals surface area contributed by atoms with Gasteiger partial charge in [-0.15, -0.1) is 0 Å². The lowest BCUT2D eigenvalue weighted by Crippen LogP contribution is -2.38. The van der Waals surface area contributed by atoms with E-state index in [-0.39, 0.29) is 12.5 Å². The summed E-state index contributed by atoms with van der Waals surface area (Å²) >= 11 is 3.35. The minimum atomic E-state index is -0.0760. The topological polar surface area (TPSA) is 42.4 Å². The molecule has 1 amide bonds. The highest BCUT2D eigenvalue weighted by molar-refractivity contribution is 9.10. The number of hydrogen-bond donors (Lipinski definition) is 0. The van der Waals surface area contributed by atoms with E-state index >= 15 is 0 Å². The number of rotatable bonds is 2. The fourth-order valence-electron chi connectivity index (χ4n) is 2.10. The number of carbonyl (C=O) groups is 1. The van der Waals surface area contributed by atoms with E-state index < -0.39 is 0 Å². The number of benzene rings is 1. The molecule has 20 heavy (non-hydrogen) atoms. The summed E-state index contributed by atoms with van der Waals surface area (Å²) in [6.45, 7) is 2.60. The van der Waals surface area contributed by atoms with Crippen molar-refractivity contribution in [2.75, 3.05) is 11.5 Å². The fourth-order valence-corrected chi connectivity index (χ4v) is 2.41. The molecule has 0 N–H and O–H groups in total. The van der Waals surface area contributed by atoms with Gasteiger partial charge in [-0.2, -0.15) is 0 Å². The molecule has 0 unspecified atom stereocenters. The van der Waals surface area contributed by atoms with Crippen LogP contribution in [-0.2, 0) is 11.3 Å². The van der Waals surface area contributed by atoms with E-state index in [1.807, 2.05) is 37.3 Å². The van der Waals surface area contributed by atoms with Crippen molar-refractivity contribution in [3.05, 3.63) is 52.1 Å². The molecule has 1 aromatic carbocycles. The third-order valence-corrected chi connectivity index (χ3v) is 3.60. The molecule has 5 heteroatoms. The number of carbonyl (C=O) groups excluding carboxylic acids is 1. The van der Waals surface area contributed by atoms with E-state index in [0.717, 1.165) is 10.0 Å². The molecule has 2 heterocycles. The minimum Gasteiger partial charge on any atom is -0.480 e. The zero-order valence-corrected chi connectivity index (χ0v) is 12.6. The fraction of sp³-hybridized carbons (Fsp3) is 0.200. The van der Waals surface area contributed by atoms with Gasteiger partial charge in [-0.3, -0.25) is 9.69 Å². The predicted molar refractivity (Wildman–Crippen MR) is 79.8 cm³/mol. The maximum Gasteiger partial charge on any atom is 0.266 e. The van der Waals surface area contributed by atoms with Crippen molar-refractivity contribution in [3.8, 4) is 5.75 Å². The van der Waals surface area contributed by atoms with E-state index in [0.29, 0.717) is 18.1 Å². The van der Waals surface area contributed by atoms with Crippen molar-refractivity contribution in [2.45, 2.75) is 13.5 Å². The average molecular weight is 333 g/mol. The molecule has 1 aromatic heterocycles. The van der Waals surface area contributed by atoms with Gasteiger partial charge in [0.2, 0.25) is 0 Å². The monoisotopic (exact) mass is 332 g/mol. The molecule has 0 atom stereocenters. The second-order valence-electron chi connectivity index (χ2n) is 4.73. The molecule has 0 radical (unpaired) electrons. The summed E-state index contributed by atoms with van der Waals surface area (Å²) < 4.78 is 6.25. The highest BCUT2D eigenvalue weighted by atomic mass is 79.9. The summed E-state index contributed by atoms with van der Waals surface area (Å²) in [5, 5.41) is 0. The van der Waals surface area contributed by atoms with Gasteiger partial charge in [0.1, 0.15) is 0 Å². The zero-order chi connectivity index (χ0) is 14.1. The molecule has 0 bridgehead atoms. The molecule has 0 aliphatic carbocycles. The highest BCUT2D eigenvalue weighted by Gasteiger charge is 2.27. The largest absolute Gasteiger partial charge is 0.480 e. The number of anilines is 1. The Morgan fingerprint density at radius 1 is 1.35 bits per heavy atom. The Kier molecular flexibility index (Phi) is 3.44. The van der Waals surface area contributed by atoms with Crippen molar-refractivity contribution >= 4 is 27.7 Å². The standard InChI is InChI=1S/C15H13BrN2O2/c1-10-2-4-11(5-3-10)8-18-14(19)9-20-13-6-12(16)7-17-15(13)18/h2-7H,8-9H2,1H3. The third-order valence-electron chi connectivity index (χ3n) is 3.17. The number of nitrogens with zero attached hydrogens (tertiary/aromatic N) is 2. The van der Waals surface area contributed by atoms with Gasteiger partial charge in [0.15, 0.2) is 18.2 Å². The molecule has 3 rings (SSSR count). The minimum absolute atomic E-state index is 0.0526. The second kappa shape index (κ2) is 5.25. The Morgan fingerprint density at radius 3 is 2.85 bits per heavy atom. The molecule has 102 valence electrons. The van der Waals surface area contributed by atoms with Crippen molar-refractivity contribution in [1.29, 1.82) is 0 Å². The van der Waals surface area contributed by atoms with Crippen molar-refractivity contribution in [2.24, 2.45) is 0 Å². The number of fused-ring (bicyclic) bond motifs is 1. The van der Waals surface area contributed by atoms with Gasteiger partial charge in [0, 0.05) is 10.7 Å². The maximum atomic E-state index is 12.1. The lowest BCUT2D eigenvalue weighted by molar-refractivity contribution is -0.121. The first-order valence-corrected chi connectivity index (χ1v) is 7.07. The Bertz CT molecular complexity index is 655. The van der Waals surface area contributed by atoms with E-state index in [9.17, 15) is 4.79 Å². The molecule has 1 aliphatic heterocycles. The Hall–Kier alpha value is -1.88. The number of aryl methyl sites for hydroxylation is 1. The van der Waals surface area contributed by atoms with Crippen LogP contribution in [0.5, 0.6) is 5.75 Å². The van der Waals surface area contributed by atoms with Gasteiger partial charge in [0.25, 0.3) is 5.91 Å². The number of ether oxygens (including phenoxy) is 1. The second-order valence-corrected chi connectivity index (χ2v) is 5.65. The van der Waals surface area contributed by atoms with Crippen molar-refractivity contribution in [1.82, 2.24) is 4.98 Å². The number of halogens is 1. The van der Waals surface area contributed by atoms with Crippen LogP contribution in [0.25, 0.3) is 0 Å².